The molecule has 0 aliphatic carbocycles. The van der Waals surface area contributed by atoms with Gasteiger partial charge in [0.05, 0.1) is 10.1 Å². The van der Waals surface area contributed by atoms with Gasteiger partial charge in [-0.3, -0.25) is 10.1 Å². The predicted molar refractivity (Wildman–Crippen MR) is 69.9 cm³/mol. The molecule has 0 spiro atoms. The minimum Gasteiger partial charge on any atom is -0.258 e. The van der Waals surface area contributed by atoms with Gasteiger partial charge in [0.1, 0.15) is 0 Å². The molecule has 0 bridgehead atoms. The molecule has 0 N–H and O–H groups in total. The highest BCUT2D eigenvalue weighted by molar-refractivity contribution is 9.09. The Bertz CT molecular complexity index is 482. The third kappa shape index (κ3) is 2.72. The van der Waals surface area contributed by atoms with Crippen LogP contribution < -0.4 is 0 Å². The second kappa shape index (κ2) is 5.30. The van der Waals surface area contributed by atoms with Crippen molar-refractivity contribution in [1.29, 1.82) is 0 Å². The Morgan fingerprint density at radius 2 is 2.25 bits per heavy atom. The van der Waals surface area contributed by atoms with Crippen molar-refractivity contribution in [2.24, 2.45) is 4.99 Å². The van der Waals surface area contributed by atoms with Gasteiger partial charge in [-0.1, -0.05) is 15.9 Å². The van der Waals surface area contributed by atoms with Gasteiger partial charge >= 0.3 is 0 Å². The average Bonchev–Trinajstić information content (AvgIpc) is 2.17. The number of benzene rings is 1. The Balaban J connectivity index is 3.48. The summed E-state index contributed by atoms with van der Waals surface area (Å²) in [7, 11) is 0. The molecule has 1 aromatic carbocycles. The van der Waals surface area contributed by atoms with Gasteiger partial charge in [0.2, 0.25) is 0 Å². The number of nitrogens with zero attached hydrogens (tertiary/aromatic N) is 2. The van der Waals surface area contributed by atoms with E-state index < -0.39 is 4.92 Å². The first kappa shape index (κ1) is 13.0. The van der Waals surface area contributed by atoms with Gasteiger partial charge in [-0.05, 0) is 43.3 Å². The number of aryl methyl sites for hydroxylation is 1. The van der Waals surface area contributed by atoms with Gasteiger partial charge in [-0.15, -0.1) is 0 Å². The number of hydrogen-bond acceptors (Lipinski definition) is 4. The second-order valence-electron chi connectivity index (χ2n) is 3.27. The van der Waals surface area contributed by atoms with Gasteiger partial charge in [-0.2, -0.15) is 4.99 Å². The summed E-state index contributed by atoms with van der Waals surface area (Å²) in [6.45, 7) is 3.79. The van der Waals surface area contributed by atoms with Crippen LogP contribution in [0.15, 0.2) is 17.1 Å². The van der Waals surface area contributed by atoms with E-state index in [-0.39, 0.29) is 16.2 Å². The molecule has 0 saturated heterocycles. The number of alkyl halides is 1. The van der Waals surface area contributed by atoms with E-state index in [1.54, 1.807) is 6.07 Å². The van der Waals surface area contributed by atoms with E-state index >= 15 is 0 Å². The number of nitro groups is 1. The summed E-state index contributed by atoms with van der Waals surface area (Å²) in [4.78, 5) is 14.1. The summed E-state index contributed by atoms with van der Waals surface area (Å²) in [6.07, 6.45) is 0. The van der Waals surface area contributed by atoms with Crippen molar-refractivity contribution in [3.63, 3.8) is 0 Å². The fourth-order valence-corrected chi connectivity index (χ4v) is 2.00. The molecule has 1 unspecified atom stereocenters. The van der Waals surface area contributed by atoms with E-state index in [0.717, 1.165) is 11.1 Å². The maximum absolute atomic E-state index is 10.9. The molecule has 4 nitrogen and oxygen atoms in total. The van der Waals surface area contributed by atoms with Crippen molar-refractivity contribution in [3.05, 3.63) is 33.4 Å². The van der Waals surface area contributed by atoms with Crippen molar-refractivity contribution in [1.82, 2.24) is 0 Å². The third-order valence-electron chi connectivity index (χ3n) is 2.15. The topological polar surface area (TPSA) is 55.5 Å². The van der Waals surface area contributed by atoms with Crippen LogP contribution in [0.1, 0.15) is 22.9 Å². The minimum absolute atomic E-state index is 0.0516. The zero-order valence-corrected chi connectivity index (χ0v) is 11.1. The molecule has 0 amide bonds. The lowest BCUT2D eigenvalue weighted by Crippen LogP contribution is -1.95. The number of isothiocyanates is 1. The van der Waals surface area contributed by atoms with Gasteiger partial charge in [0.25, 0.3) is 5.69 Å². The summed E-state index contributed by atoms with van der Waals surface area (Å²) in [5.41, 5.74) is 1.99. The number of aliphatic imine (C=N–C) groups is 1. The highest BCUT2D eigenvalue weighted by Crippen LogP contribution is 2.35. The van der Waals surface area contributed by atoms with E-state index in [1.807, 2.05) is 13.8 Å². The van der Waals surface area contributed by atoms with Crippen LogP contribution in [-0.2, 0) is 0 Å². The molecule has 16 heavy (non-hydrogen) atoms. The van der Waals surface area contributed by atoms with Crippen LogP contribution in [-0.4, -0.2) is 10.1 Å². The molecule has 0 aromatic heterocycles. The van der Waals surface area contributed by atoms with Crippen LogP contribution >= 0.6 is 28.1 Å². The first-order valence-electron chi connectivity index (χ1n) is 4.48. The zero-order valence-electron chi connectivity index (χ0n) is 8.73. The fraction of sp³-hybridized carbons (Fsp3) is 0.300. The molecule has 6 heteroatoms. The number of hydrogen-bond donors (Lipinski definition) is 0. The minimum atomic E-state index is -0.468. The van der Waals surface area contributed by atoms with E-state index in [2.05, 4.69) is 38.3 Å². The smallest absolute Gasteiger partial charge is 0.258 e. The standard InChI is InChI=1S/C10H9BrN2O2S/c1-6-3-9(12-5-16)10(13(14)15)4-8(6)7(2)11/h3-4,7H,1-2H3. The molecule has 0 saturated carbocycles. The first-order chi connectivity index (χ1) is 7.47. The first-order valence-corrected chi connectivity index (χ1v) is 5.80. The van der Waals surface area contributed by atoms with Crippen LogP contribution in [0.4, 0.5) is 11.4 Å². The van der Waals surface area contributed by atoms with Crippen molar-refractivity contribution >= 4 is 44.7 Å². The highest BCUT2D eigenvalue weighted by atomic mass is 79.9. The molecule has 1 rings (SSSR count). The molecule has 0 aliphatic rings. The van der Waals surface area contributed by atoms with Crippen molar-refractivity contribution in [3.8, 4) is 0 Å². The van der Waals surface area contributed by atoms with E-state index in [0.29, 0.717) is 0 Å². The Labute approximate surface area is 107 Å². The highest BCUT2D eigenvalue weighted by Gasteiger charge is 2.18. The number of halogens is 1. The summed E-state index contributed by atoms with van der Waals surface area (Å²) >= 11 is 7.85. The summed E-state index contributed by atoms with van der Waals surface area (Å²) < 4.78 is 0. The monoisotopic (exact) mass is 300 g/mol. The van der Waals surface area contributed by atoms with E-state index in [1.165, 1.54) is 6.07 Å². The van der Waals surface area contributed by atoms with Crippen LogP contribution in [0.3, 0.4) is 0 Å². The molecule has 0 aliphatic heterocycles. The lowest BCUT2D eigenvalue weighted by Gasteiger charge is -2.08. The molecule has 0 fully saturated rings. The third-order valence-corrected chi connectivity index (χ3v) is 2.74. The Morgan fingerprint density at radius 1 is 1.62 bits per heavy atom. The van der Waals surface area contributed by atoms with Crippen LogP contribution in [0.5, 0.6) is 0 Å². The Hall–Kier alpha value is -1.10. The quantitative estimate of drug-likeness (QED) is 0.278. The Morgan fingerprint density at radius 3 is 2.69 bits per heavy atom. The lowest BCUT2D eigenvalue weighted by molar-refractivity contribution is -0.384. The largest absolute Gasteiger partial charge is 0.295 e. The summed E-state index contributed by atoms with van der Waals surface area (Å²) in [6, 6.07) is 3.16. The Kier molecular flexibility index (Phi) is 4.29. The molecule has 84 valence electrons. The van der Waals surface area contributed by atoms with Gasteiger partial charge < -0.3 is 0 Å². The molecule has 0 radical (unpaired) electrons. The molecular weight excluding hydrogens is 292 g/mol. The molecule has 1 atom stereocenters. The van der Waals surface area contributed by atoms with E-state index in [4.69, 9.17) is 0 Å². The van der Waals surface area contributed by atoms with Crippen molar-refractivity contribution in [2.45, 2.75) is 18.7 Å². The summed E-state index contributed by atoms with van der Waals surface area (Å²) in [5, 5.41) is 13.0. The van der Waals surface area contributed by atoms with Gasteiger partial charge in [0.15, 0.2) is 5.69 Å². The van der Waals surface area contributed by atoms with Gasteiger partial charge in [0, 0.05) is 10.9 Å². The fourth-order valence-electron chi connectivity index (χ4n) is 1.41. The average molecular weight is 301 g/mol. The maximum atomic E-state index is 10.9. The lowest BCUT2D eigenvalue weighted by atomic mass is 10.0. The number of rotatable bonds is 3. The number of thiocarbonyl (C=S) groups is 1. The maximum Gasteiger partial charge on any atom is 0.295 e. The second-order valence-corrected chi connectivity index (χ2v) is 4.83. The van der Waals surface area contributed by atoms with Crippen LogP contribution in [0.25, 0.3) is 0 Å². The van der Waals surface area contributed by atoms with Crippen molar-refractivity contribution < 1.29 is 4.92 Å². The molecule has 0 heterocycles. The molecular formula is C10H9BrN2O2S. The number of nitro benzene ring substituents is 1. The summed E-state index contributed by atoms with van der Waals surface area (Å²) in [5.74, 6) is 0. The van der Waals surface area contributed by atoms with Crippen LogP contribution in [0.2, 0.25) is 0 Å². The zero-order chi connectivity index (χ0) is 12.3. The predicted octanol–water partition coefficient (Wildman–Crippen LogP) is 4.09. The van der Waals surface area contributed by atoms with Crippen LogP contribution in [0, 0.1) is 17.0 Å². The van der Waals surface area contributed by atoms with Gasteiger partial charge in [-0.25, -0.2) is 0 Å². The van der Waals surface area contributed by atoms with E-state index in [9.17, 15) is 10.1 Å². The van der Waals surface area contributed by atoms with Crippen molar-refractivity contribution in [2.75, 3.05) is 0 Å². The normalized spacial score (nSPS) is 11.7. The SMILES string of the molecule is Cc1cc(N=C=S)c([N+](=O)[O-])cc1C(C)Br. The molecule has 1 aromatic rings.